The normalized spacial score (nSPS) is 29.9. The van der Waals surface area contributed by atoms with E-state index in [9.17, 15) is 4.79 Å². The van der Waals surface area contributed by atoms with Gasteiger partial charge >= 0.3 is 0 Å². The van der Waals surface area contributed by atoms with E-state index in [1.807, 2.05) is 0 Å². The molecule has 0 aromatic rings. The van der Waals surface area contributed by atoms with Crippen molar-refractivity contribution in [1.82, 2.24) is 10.6 Å². The molecule has 0 saturated carbocycles. The highest BCUT2D eigenvalue weighted by molar-refractivity contribution is 5.76. The number of rotatable bonds is 4. The van der Waals surface area contributed by atoms with Crippen LogP contribution in [0.25, 0.3) is 0 Å². The van der Waals surface area contributed by atoms with E-state index in [0.717, 1.165) is 32.4 Å². The first-order valence-electron chi connectivity index (χ1n) is 6.96. The van der Waals surface area contributed by atoms with Gasteiger partial charge in [-0.1, -0.05) is 6.42 Å². The van der Waals surface area contributed by atoms with Crippen molar-refractivity contribution in [1.29, 1.82) is 0 Å². The van der Waals surface area contributed by atoms with Gasteiger partial charge in [0.25, 0.3) is 0 Å². The maximum absolute atomic E-state index is 11.7. The summed E-state index contributed by atoms with van der Waals surface area (Å²) in [6.07, 6.45) is 7.96. The number of carbonyl (C=O) groups is 1. The van der Waals surface area contributed by atoms with Gasteiger partial charge < -0.3 is 15.4 Å². The van der Waals surface area contributed by atoms with Crippen molar-refractivity contribution in [2.45, 2.75) is 57.1 Å². The van der Waals surface area contributed by atoms with Crippen LogP contribution in [-0.4, -0.2) is 37.7 Å². The van der Waals surface area contributed by atoms with E-state index in [-0.39, 0.29) is 12.0 Å². The van der Waals surface area contributed by atoms with Crippen LogP contribution in [0.2, 0.25) is 0 Å². The molecule has 1 amide bonds. The fourth-order valence-corrected chi connectivity index (χ4v) is 2.59. The van der Waals surface area contributed by atoms with Gasteiger partial charge in [0.2, 0.25) is 5.91 Å². The van der Waals surface area contributed by atoms with Crippen molar-refractivity contribution in [3.05, 3.63) is 0 Å². The van der Waals surface area contributed by atoms with E-state index in [1.165, 1.54) is 19.3 Å². The molecule has 0 aliphatic carbocycles. The summed E-state index contributed by atoms with van der Waals surface area (Å²) in [7, 11) is 0. The fourth-order valence-electron chi connectivity index (χ4n) is 2.59. The molecule has 2 aliphatic heterocycles. The average molecular weight is 240 g/mol. The molecule has 0 radical (unpaired) electrons. The van der Waals surface area contributed by atoms with Crippen LogP contribution in [0.3, 0.4) is 0 Å². The minimum atomic E-state index is 0.165. The van der Waals surface area contributed by atoms with Gasteiger partial charge in [-0.05, 0) is 38.6 Å². The third-order valence-electron chi connectivity index (χ3n) is 3.65. The van der Waals surface area contributed by atoms with Crippen molar-refractivity contribution in [2.75, 3.05) is 19.7 Å². The molecular formula is C13H24N2O2. The van der Waals surface area contributed by atoms with Gasteiger partial charge in [0.1, 0.15) is 0 Å². The Balaban J connectivity index is 1.59. The number of hydrogen-bond acceptors (Lipinski definition) is 3. The number of ether oxygens (including phenoxy) is 1. The van der Waals surface area contributed by atoms with Crippen LogP contribution < -0.4 is 10.6 Å². The first-order valence-corrected chi connectivity index (χ1v) is 6.96. The quantitative estimate of drug-likeness (QED) is 0.776. The molecule has 17 heavy (non-hydrogen) atoms. The third kappa shape index (κ3) is 4.64. The van der Waals surface area contributed by atoms with Crippen LogP contribution in [0.5, 0.6) is 0 Å². The minimum absolute atomic E-state index is 0.165. The van der Waals surface area contributed by atoms with Crippen LogP contribution in [0.1, 0.15) is 44.9 Å². The fraction of sp³-hybridized carbons (Fsp3) is 0.923. The molecule has 2 aliphatic rings. The Bertz CT molecular complexity index is 234. The first kappa shape index (κ1) is 12.8. The smallest absolute Gasteiger partial charge is 0.221 e. The predicted octanol–water partition coefficient (Wildman–Crippen LogP) is 1.20. The molecular weight excluding hydrogens is 216 g/mol. The lowest BCUT2D eigenvalue weighted by molar-refractivity contribution is -0.122. The molecule has 2 heterocycles. The monoisotopic (exact) mass is 240 g/mol. The van der Waals surface area contributed by atoms with Crippen LogP contribution in [-0.2, 0) is 9.53 Å². The highest BCUT2D eigenvalue weighted by Crippen LogP contribution is 2.12. The summed E-state index contributed by atoms with van der Waals surface area (Å²) >= 11 is 0. The standard InChI is InChI=1S/C13H24N2O2/c16-13(9-11-5-1-3-7-14-11)15-10-12-6-2-4-8-17-12/h11-12,14H,1-10H2,(H,15,16). The molecule has 2 atom stereocenters. The lowest BCUT2D eigenvalue weighted by Gasteiger charge is -2.25. The van der Waals surface area contributed by atoms with Gasteiger partial charge in [-0.25, -0.2) is 0 Å². The van der Waals surface area contributed by atoms with Gasteiger partial charge in [-0.2, -0.15) is 0 Å². The second-order valence-electron chi connectivity index (χ2n) is 5.14. The topological polar surface area (TPSA) is 50.4 Å². The molecule has 2 saturated heterocycles. The van der Waals surface area contributed by atoms with E-state index in [1.54, 1.807) is 0 Å². The first-order chi connectivity index (χ1) is 8.34. The Morgan fingerprint density at radius 2 is 2.12 bits per heavy atom. The number of hydrogen-bond donors (Lipinski definition) is 2. The van der Waals surface area contributed by atoms with Crippen molar-refractivity contribution >= 4 is 5.91 Å². The molecule has 0 aromatic heterocycles. The SMILES string of the molecule is O=C(CC1CCCCN1)NCC1CCCCO1. The molecule has 2 fully saturated rings. The predicted molar refractivity (Wildman–Crippen MR) is 66.9 cm³/mol. The molecule has 2 unspecified atom stereocenters. The lowest BCUT2D eigenvalue weighted by atomic mass is 10.0. The maximum atomic E-state index is 11.7. The largest absolute Gasteiger partial charge is 0.376 e. The number of nitrogens with one attached hydrogen (secondary N) is 2. The van der Waals surface area contributed by atoms with Crippen LogP contribution in [0.15, 0.2) is 0 Å². The summed E-state index contributed by atoms with van der Waals surface area (Å²) in [5, 5.41) is 6.39. The summed E-state index contributed by atoms with van der Waals surface area (Å²) in [5.74, 6) is 0.165. The summed E-state index contributed by atoms with van der Waals surface area (Å²) in [5.41, 5.74) is 0. The van der Waals surface area contributed by atoms with E-state index in [2.05, 4.69) is 10.6 Å². The Labute approximate surface area is 103 Å². The molecule has 98 valence electrons. The third-order valence-corrected chi connectivity index (χ3v) is 3.65. The number of carbonyl (C=O) groups excluding carboxylic acids is 1. The average Bonchev–Trinajstić information content (AvgIpc) is 2.39. The van der Waals surface area contributed by atoms with Crippen LogP contribution >= 0.6 is 0 Å². The van der Waals surface area contributed by atoms with Crippen molar-refractivity contribution in [2.24, 2.45) is 0 Å². The lowest BCUT2D eigenvalue weighted by Crippen LogP contribution is -2.41. The Morgan fingerprint density at radius 3 is 2.82 bits per heavy atom. The number of amides is 1. The molecule has 2 N–H and O–H groups in total. The number of piperidine rings is 1. The van der Waals surface area contributed by atoms with E-state index in [0.29, 0.717) is 19.0 Å². The second-order valence-corrected chi connectivity index (χ2v) is 5.14. The molecule has 0 bridgehead atoms. The zero-order valence-electron chi connectivity index (χ0n) is 10.5. The molecule has 4 heteroatoms. The van der Waals surface area contributed by atoms with E-state index < -0.39 is 0 Å². The van der Waals surface area contributed by atoms with Gasteiger partial charge in [0, 0.05) is 25.6 Å². The van der Waals surface area contributed by atoms with Crippen molar-refractivity contribution in [3.8, 4) is 0 Å². The van der Waals surface area contributed by atoms with E-state index >= 15 is 0 Å². The van der Waals surface area contributed by atoms with Crippen LogP contribution in [0, 0.1) is 0 Å². The van der Waals surface area contributed by atoms with Crippen molar-refractivity contribution < 1.29 is 9.53 Å². The van der Waals surface area contributed by atoms with Crippen molar-refractivity contribution in [3.63, 3.8) is 0 Å². The molecule has 4 nitrogen and oxygen atoms in total. The molecule has 2 rings (SSSR count). The summed E-state index contributed by atoms with van der Waals surface area (Å²) in [6.45, 7) is 2.60. The van der Waals surface area contributed by atoms with Gasteiger partial charge in [0.05, 0.1) is 6.10 Å². The zero-order chi connectivity index (χ0) is 11.9. The summed E-state index contributed by atoms with van der Waals surface area (Å²) in [6, 6.07) is 0.385. The minimum Gasteiger partial charge on any atom is -0.376 e. The van der Waals surface area contributed by atoms with Gasteiger partial charge in [-0.15, -0.1) is 0 Å². The Morgan fingerprint density at radius 1 is 1.24 bits per heavy atom. The highest BCUT2D eigenvalue weighted by Gasteiger charge is 2.18. The highest BCUT2D eigenvalue weighted by atomic mass is 16.5. The Hall–Kier alpha value is -0.610. The van der Waals surface area contributed by atoms with E-state index in [4.69, 9.17) is 4.74 Å². The molecule has 0 spiro atoms. The van der Waals surface area contributed by atoms with Gasteiger partial charge in [-0.3, -0.25) is 4.79 Å². The van der Waals surface area contributed by atoms with Gasteiger partial charge in [0.15, 0.2) is 0 Å². The summed E-state index contributed by atoms with van der Waals surface area (Å²) in [4.78, 5) is 11.7. The zero-order valence-corrected chi connectivity index (χ0v) is 10.5. The summed E-state index contributed by atoms with van der Waals surface area (Å²) < 4.78 is 5.59. The Kier molecular flexibility index (Phi) is 5.26. The van der Waals surface area contributed by atoms with Crippen LogP contribution in [0.4, 0.5) is 0 Å². The maximum Gasteiger partial charge on any atom is 0.221 e. The second kappa shape index (κ2) is 6.97. The molecule has 0 aromatic carbocycles.